The van der Waals surface area contributed by atoms with Gasteiger partial charge in [0.25, 0.3) is 0 Å². The summed E-state index contributed by atoms with van der Waals surface area (Å²) in [6, 6.07) is 5.64. The Balaban J connectivity index is 0.000000267. The van der Waals surface area contributed by atoms with Gasteiger partial charge in [0.05, 0.1) is 23.7 Å². The minimum atomic E-state index is -1.35. The maximum Gasteiger partial charge on any atom is 1.00 e. The molecule has 0 bridgehead atoms. The van der Waals surface area contributed by atoms with Crippen LogP contribution in [0.15, 0.2) is 66.0 Å². The Bertz CT molecular complexity index is 1500. The van der Waals surface area contributed by atoms with Gasteiger partial charge < -0.3 is 21.8 Å². The van der Waals surface area contributed by atoms with E-state index < -0.39 is 11.4 Å². The summed E-state index contributed by atoms with van der Waals surface area (Å²) in [6.45, 7) is 12.8. The number of aliphatic hydroxyl groups is 1. The number of ketones is 1. The Morgan fingerprint density at radius 3 is 1.58 bits per heavy atom. The van der Waals surface area contributed by atoms with Crippen LogP contribution in [-0.4, -0.2) is 67.0 Å². The number of Topliss-reactive ketones (excluding diaryl/α,β-unsaturated/α-hetero) is 1. The van der Waals surface area contributed by atoms with E-state index in [0.29, 0.717) is 27.4 Å². The van der Waals surface area contributed by atoms with Crippen LogP contribution in [0.5, 0.6) is 0 Å². The van der Waals surface area contributed by atoms with Crippen LogP contribution in [-0.2, 0) is 5.60 Å². The fourth-order valence-corrected chi connectivity index (χ4v) is 4.99. The Kier molecular flexibility index (Phi) is 19.2. The van der Waals surface area contributed by atoms with E-state index in [-0.39, 0.29) is 30.5 Å². The van der Waals surface area contributed by atoms with Crippen LogP contribution >= 0.6 is 15.9 Å². The summed E-state index contributed by atoms with van der Waals surface area (Å²) >= 11 is 3.07. The van der Waals surface area contributed by atoms with Crippen molar-refractivity contribution in [3.05, 3.63) is 101 Å². The number of nitrogens with zero attached hydrogens (tertiary/aromatic N) is 8. The monoisotopic (exact) mass is 746 g/mol. The quantitative estimate of drug-likeness (QED) is 0.130. The molecule has 2 aliphatic rings. The second-order valence-corrected chi connectivity index (χ2v) is 12.6. The maximum atomic E-state index is 13.0. The van der Waals surface area contributed by atoms with E-state index in [0.717, 1.165) is 63.8 Å². The number of hydrogen-bond acceptors (Lipinski definition) is 10. The zero-order chi connectivity index (χ0) is 35.6. The van der Waals surface area contributed by atoms with Crippen LogP contribution in [0, 0.1) is 18.6 Å². The molecule has 264 valence electrons. The fraction of sp³-hybridized carbons (Fsp3) is 0.444. The summed E-state index contributed by atoms with van der Waals surface area (Å²) in [4.78, 5) is 40.1. The van der Waals surface area contributed by atoms with E-state index in [1.165, 1.54) is 57.2 Å². The van der Waals surface area contributed by atoms with Crippen molar-refractivity contribution in [3.63, 3.8) is 0 Å². The van der Waals surface area contributed by atoms with E-state index in [1.54, 1.807) is 37.8 Å². The molecule has 1 N–H and O–H groups in total. The fourth-order valence-electron chi connectivity index (χ4n) is 4.76. The smallest absolute Gasteiger partial charge is 0.379 e. The average Bonchev–Trinajstić information content (AvgIpc) is 3.14. The number of pyridine rings is 2. The molecule has 0 aliphatic carbocycles. The SMILES string of the molecule is CC(=O)c1cnc(N2CCCCC2)nc1.CC(O)(c1cnc(N2CCCCC2)nc1)c1ccc(F)cn1.Fc1ccc(Br)nc1.[CH2-]CCC.[Li+]. The van der Waals surface area contributed by atoms with Gasteiger partial charge >= 0.3 is 18.9 Å². The van der Waals surface area contributed by atoms with E-state index >= 15 is 0 Å². The van der Waals surface area contributed by atoms with Gasteiger partial charge in [-0.1, -0.05) is 13.3 Å². The maximum absolute atomic E-state index is 13.0. The summed E-state index contributed by atoms with van der Waals surface area (Å²) in [7, 11) is 0. The molecule has 2 aliphatic heterocycles. The van der Waals surface area contributed by atoms with E-state index in [1.807, 2.05) is 0 Å². The average molecular weight is 748 g/mol. The molecule has 0 amide bonds. The number of unbranched alkanes of at least 4 members (excludes halogenated alkanes) is 1. The molecule has 10 nitrogen and oxygen atoms in total. The standard InChI is InChI=1S/C16H19FN4O.C11H15N3O.C5H3BrFN.C4H9.Li/c1-16(22,14-6-5-13(17)11-18-14)12-9-19-15(20-10-12)21-7-3-2-4-8-21;1-9(15)10-7-12-11(13-8-10)14-5-3-2-4-6-14;6-5-2-1-4(7)3-8-5;1-3-4-2;/h5-6,9-11,22H,2-4,7-8H2,1H3;7-8H,2-6H2,1H3;1-3H;1,3-4H2,2H3;/q;;;-1;+1. The Morgan fingerprint density at radius 2 is 1.22 bits per heavy atom. The van der Waals surface area contributed by atoms with Gasteiger partial charge in [-0.25, -0.2) is 33.7 Å². The first-order valence-electron chi connectivity index (χ1n) is 16.6. The van der Waals surface area contributed by atoms with Crippen LogP contribution in [0.4, 0.5) is 20.7 Å². The van der Waals surface area contributed by atoms with Crippen molar-refractivity contribution in [2.45, 2.75) is 77.7 Å². The molecule has 0 spiro atoms. The van der Waals surface area contributed by atoms with Gasteiger partial charge in [-0.05, 0) is 92.6 Å². The molecule has 50 heavy (non-hydrogen) atoms. The van der Waals surface area contributed by atoms with Crippen molar-refractivity contribution >= 4 is 33.6 Å². The first-order valence-corrected chi connectivity index (χ1v) is 17.4. The van der Waals surface area contributed by atoms with Crippen LogP contribution in [0.1, 0.15) is 93.8 Å². The van der Waals surface area contributed by atoms with Crippen LogP contribution < -0.4 is 28.7 Å². The predicted octanol–water partition coefficient (Wildman–Crippen LogP) is 4.53. The van der Waals surface area contributed by atoms with Gasteiger partial charge in [-0.2, -0.15) is 6.42 Å². The third kappa shape index (κ3) is 14.1. The summed E-state index contributed by atoms with van der Waals surface area (Å²) in [5, 5.41) is 10.7. The number of halogens is 3. The normalized spacial score (nSPS) is 15.0. The molecule has 6 rings (SSSR count). The topological polar surface area (TPSA) is 121 Å². The molecule has 1 atom stereocenters. The van der Waals surface area contributed by atoms with E-state index in [2.05, 4.69) is 69.5 Å². The van der Waals surface area contributed by atoms with Crippen molar-refractivity contribution in [1.82, 2.24) is 29.9 Å². The van der Waals surface area contributed by atoms with E-state index in [9.17, 15) is 18.7 Å². The second kappa shape index (κ2) is 22.4. The summed E-state index contributed by atoms with van der Waals surface area (Å²) in [5.41, 5.74) is 0.125. The third-order valence-electron chi connectivity index (χ3n) is 7.79. The molecular formula is C36H46BrF2LiN8O2. The number of aromatic nitrogens is 6. The number of piperidine rings is 2. The third-order valence-corrected chi connectivity index (χ3v) is 8.26. The van der Waals surface area contributed by atoms with Crippen molar-refractivity contribution in [3.8, 4) is 0 Å². The van der Waals surface area contributed by atoms with Crippen LogP contribution in [0.25, 0.3) is 0 Å². The van der Waals surface area contributed by atoms with Gasteiger partial charge in [-0.15, -0.1) is 0 Å². The molecule has 4 aromatic rings. The first kappa shape index (κ1) is 42.8. The molecule has 0 aromatic carbocycles. The van der Waals surface area contributed by atoms with Crippen molar-refractivity contribution in [2.75, 3.05) is 36.0 Å². The zero-order valence-corrected chi connectivity index (χ0v) is 31.1. The molecule has 6 heterocycles. The minimum absolute atomic E-state index is 0. The number of hydrogen-bond donors (Lipinski definition) is 1. The van der Waals surface area contributed by atoms with Gasteiger partial charge in [0.1, 0.15) is 21.8 Å². The minimum Gasteiger partial charge on any atom is -0.379 e. The van der Waals surface area contributed by atoms with Crippen molar-refractivity contribution < 1.29 is 37.5 Å². The Labute approximate surface area is 314 Å². The molecule has 1 unspecified atom stereocenters. The summed E-state index contributed by atoms with van der Waals surface area (Å²) in [6.07, 6.45) is 18.2. The summed E-state index contributed by atoms with van der Waals surface area (Å²) in [5.74, 6) is 0.704. The van der Waals surface area contributed by atoms with Crippen molar-refractivity contribution in [1.29, 1.82) is 0 Å². The second-order valence-electron chi connectivity index (χ2n) is 11.8. The molecule has 4 aromatic heterocycles. The van der Waals surface area contributed by atoms with Gasteiger partial charge in [0.2, 0.25) is 11.9 Å². The zero-order valence-electron chi connectivity index (χ0n) is 29.5. The molecule has 2 saturated heterocycles. The summed E-state index contributed by atoms with van der Waals surface area (Å²) < 4.78 is 25.6. The van der Waals surface area contributed by atoms with E-state index in [4.69, 9.17) is 0 Å². The number of anilines is 2. The Morgan fingerprint density at radius 1 is 0.780 bits per heavy atom. The molecule has 2 fully saturated rings. The Hall–Kier alpha value is -3.37. The number of carbonyl (C=O) groups is 1. The van der Waals surface area contributed by atoms with Gasteiger partial charge in [0.15, 0.2) is 5.78 Å². The largest absolute Gasteiger partial charge is 1.00 e. The molecular weight excluding hydrogens is 701 g/mol. The number of rotatable bonds is 6. The van der Waals surface area contributed by atoms with Crippen LogP contribution in [0.2, 0.25) is 0 Å². The molecule has 14 heteroatoms. The predicted molar refractivity (Wildman–Crippen MR) is 191 cm³/mol. The molecule has 0 saturated carbocycles. The van der Waals surface area contributed by atoms with Gasteiger partial charge in [0, 0.05) is 56.5 Å². The van der Waals surface area contributed by atoms with Gasteiger partial charge in [-0.3, -0.25) is 9.78 Å². The molecule has 0 radical (unpaired) electrons. The van der Waals surface area contributed by atoms with Crippen molar-refractivity contribution in [2.24, 2.45) is 0 Å². The first-order chi connectivity index (χ1) is 23.5. The van der Waals surface area contributed by atoms with Crippen LogP contribution in [0.3, 0.4) is 0 Å². The number of carbonyl (C=O) groups excluding carboxylic acids is 1.